The summed E-state index contributed by atoms with van der Waals surface area (Å²) in [6.45, 7) is 4.09. The summed E-state index contributed by atoms with van der Waals surface area (Å²) in [5, 5.41) is 3.35. The molecule has 5 nitrogen and oxygen atoms in total. The summed E-state index contributed by atoms with van der Waals surface area (Å²) in [6.07, 6.45) is 9.65. The number of nitrogens with zero attached hydrogens (tertiary/aromatic N) is 2. The lowest BCUT2D eigenvalue weighted by Crippen LogP contribution is -2.51. The molecular formula is C19H31N3O2. The highest BCUT2D eigenvalue weighted by molar-refractivity contribution is 5.78. The van der Waals surface area contributed by atoms with Crippen LogP contribution in [-0.4, -0.2) is 59.4 Å². The molecule has 4 fully saturated rings. The standard InChI is InChI=1S/C19H31N3O2/c1-13(23)22-11-3-5-17(22)16-4-2-10-21(16)12-18(24)20-19(14-6-7-14)15-8-9-15/h14-17,19H,2-12H2,1H3,(H,20,24)/t16-,17-/m0/s1. The van der Waals surface area contributed by atoms with Gasteiger partial charge in [0.25, 0.3) is 0 Å². The quantitative estimate of drug-likeness (QED) is 0.806. The highest BCUT2D eigenvalue weighted by atomic mass is 16.2. The minimum Gasteiger partial charge on any atom is -0.352 e. The van der Waals surface area contributed by atoms with Gasteiger partial charge in [0.1, 0.15) is 0 Å². The molecule has 2 amide bonds. The Bertz CT molecular complexity index is 489. The topological polar surface area (TPSA) is 52.7 Å². The molecule has 0 bridgehead atoms. The Morgan fingerprint density at radius 3 is 2.21 bits per heavy atom. The number of hydrogen-bond acceptors (Lipinski definition) is 3. The van der Waals surface area contributed by atoms with Gasteiger partial charge in [0.2, 0.25) is 11.8 Å². The molecule has 2 aliphatic carbocycles. The molecule has 2 heterocycles. The molecule has 4 aliphatic rings. The third-order valence-electron chi connectivity index (χ3n) is 6.50. The van der Waals surface area contributed by atoms with E-state index in [2.05, 4.69) is 10.2 Å². The van der Waals surface area contributed by atoms with Crippen molar-refractivity contribution < 1.29 is 9.59 Å². The van der Waals surface area contributed by atoms with E-state index in [0.717, 1.165) is 50.6 Å². The van der Waals surface area contributed by atoms with Crippen molar-refractivity contribution in [3.05, 3.63) is 0 Å². The number of carbonyl (C=O) groups excluding carboxylic acids is 2. The van der Waals surface area contributed by atoms with Crippen molar-refractivity contribution in [2.75, 3.05) is 19.6 Å². The molecule has 4 rings (SSSR count). The fourth-order valence-corrected chi connectivity index (χ4v) is 5.01. The van der Waals surface area contributed by atoms with Crippen LogP contribution in [-0.2, 0) is 9.59 Å². The smallest absolute Gasteiger partial charge is 0.234 e. The van der Waals surface area contributed by atoms with Gasteiger partial charge in [-0.05, 0) is 69.7 Å². The largest absolute Gasteiger partial charge is 0.352 e. The lowest BCUT2D eigenvalue weighted by Gasteiger charge is -2.34. The second kappa shape index (κ2) is 6.66. The Balaban J connectivity index is 1.34. The minimum atomic E-state index is 0.191. The first-order chi connectivity index (χ1) is 11.6. The third-order valence-corrected chi connectivity index (χ3v) is 6.50. The molecule has 2 aliphatic heterocycles. The van der Waals surface area contributed by atoms with Gasteiger partial charge in [0.15, 0.2) is 0 Å². The van der Waals surface area contributed by atoms with Crippen LogP contribution in [0.4, 0.5) is 0 Å². The van der Waals surface area contributed by atoms with Crippen molar-refractivity contribution in [2.45, 2.75) is 76.4 Å². The molecule has 5 heteroatoms. The summed E-state index contributed by atoms with van der Waals surface area (Å²) in [5.74, 6) is 1.90. The Morgan fingerprint density at radius 1 is 0.958 bits per heavy atom. The van der Waals surface area contributed by atoms with Gasteiger partial charge in [-0.1, -0.05) is 0 Å². The second-order valence-corrected chi connectivity index (χ2v) is 8.37. The first-order valence-electron chi connectivity index (χ1n) is 9.94. The van der Waals surface area contributed by atoms with Gasteiger partial charge >= 0.3 is 0 Å². The van der Waals surface area contributed by atoms with Crippen LogP contribution < -0.4 is 5.32 Å². The van der Waals surface area contributed by atoms with Crippen LogP contribution in [0, 0.1) is 11.8 Å². The first-order valence-corrected chi connectivity index (χ1v) is 9.94. The molecule has 0 spiro atoms. The Labute approximate surface area is 145 Å². The Hall–Kier alpha value is -1.10. The highest BCUT2D eigenvalue weighted by Gasteiger charge is 2.43. The van der Waals surface area contributed by atoms with Gasteiger partial charge in [0.05, 0.1) is 6.54 Å². The molecule has 24 heavy (non-hydrogen) atoms. The van der Waals surface area contributed by atoms with Crippen LogP contribution in [0.25, 0.3) is 0 Å². The molecule has 2 saturated heterocycles. The number of hydrogen-bond donors (Lipinski definition) is 1. The summed E-state index contributed by atoms with van der Waals surface area (Å²) in [4.78, 5) is 28.9. The van der Waals surface area contributed by atoms with Gasteiger partial charge in [-0.3, -0.25) is 14.5 Å². The summed E-state index contributed by atoms with van der Waals surface area (Å²) < 4.78 is 0. The van der Waals surface area contributed by atoms with E-state index in [-0.39, 0.29) is 11.8 Å². The number of likely N-dealkylation sites (tertiary alicyclic amines) is 2. The lowest BCUT2D eigenvalue weighted by atomic mass is 10.0. The molecular weight excluding hydrogens is 302 g/mol. The first kappa shape index (κ1) is 16.4. The SMILES string of the molecule is CC(=O)N1CCC[C@H]1[C@@H]1CCCN1CC(=O)NC(C1CC1)C1CC1. The zero-order valence-electron chi connectivity index (χ0n) is 14.9. The van der Waals surface area contributed by atoms with E-state index in [0.29, 0.717) is 24.7 Å². The number of amides is 2. The molecule has 134 valence electrons. The van der Waals surface area contributed by atoms with Gasteiger partial charge < -0.3 is 10.2 Å². The maximum absolute atomic E-state index is 12.6. The van der Waals surface area contributed by atoms with Crippen molar-refractivity contribution in [3.8, 4) is 0 Å². The van der Waals surface area contributed by atoms with Crippen molar-refractivity contribution in [1.29, 1.82) is 0 Å². The Morgan fingerprint density at radius 2 is 1.58 bits per heavy atom. The monoisotopic (exact) mass is 333 g/mol. The van der Waals surface area contributed by atoms with Gasteiger partial charge in [-0.15, -0.1) is 0 Å². The van der Waals surface area contributed by atoms with E-state index in [4.69, 9.17) is 0 Å². The van der Waals surface area contributed by atoms with Crippen LogP contribution in [0.2, 0.25) is 0 Å². The number of rotatable bonds is 6. The maximum atomic E-state index is 12.6. The zero-order chi connectivity index (χ0) is 16.7. The average Bonchev–Trinajstić information content (AvgIpc) is 3.46. The Kier molecular flexibility index (Phi) is 4.54. The van der Waals surface area contributed by atoms with Gasteiger partial charge in [-0.25, -0.2) is 0 Å². The molecule has 0 aromatic heterocycles. The molecule has 0 radical (unpaired) electrons. The molecule has 0 aromatic rings. The normalized spacial score (nSPS) is 31.0. The minimum absolute atomic E-state index is 0.191. The van der Waals surface area contributed by atoms with Crippen molar-refractivity contribution in [2.24, 2.45) is 11.8 Å². The van der Waals surface area contributed by atoms with Crippen LogP contribution >= 0.6 is 0 Å². The fraction of sp³-hybridized carbons (Fsp3) is 0.895. The van der Waals surface area contributed by atoms with E-state index in [1.807, 2.05) is 4.90 Å². The maximum Gasteiger partial charge on any atom is 0.234 e. The van der Waals surface area contributed by atoms with Crippen LogP contribution in [0.3, 0.4) is 0 Å². The van der Waals surface area contributed by atoms with E-state index in [1.54, 1.807) is 6.92 Å². The van der Waals surface area contributed by atoms with Crippen molar-refractivity contribution in [1.82, 2.24) is 15.1 Å². The summed E-state index contributed by atoms with van der Waals surface area (Å²) in [5.41, 5.74) is 0. The van der Waals surface area contributed by atoms with Crippen LogP contribution in [0.15, 0.2) is 0 Å². The third kappa shape index (κ3) is 3.46. The number of carbonyl (C=O) groups is 2. The van der Waals surface area contributed by atoms with E-state index >= 15 is 0 Å². The molecule has 0 aromatic carbocycles. The fourth-order valence-electron chi connectivity index (χ4n) is 5.01. The van der Waals surface area contributed by atoms with Gasteiger partial charge in [-0.2, -0.15) is 0 Å². The number of nitrogens with one attached hydrogen (secondary N) is 1. The van der Waals surface area contributed by atoms with Crippen LogP contribution in [0.1, 0.15) is 58.3 Å². The molecule has 1 N–H and O–H groups in total. The summed E-state index contributed by atoms with van der Waals surface area (Å²) in [7, 11) is 0. The summed E-state index contributed by atoms with van der Waals surface area (Å²) >= 11 is 0. The molecule has 2 atom stereocenters. The lowest BCUT2D eigenvalue weighted by molar-refractivity contribution is -0.130. The van der Waals surface area contributed by atoms with E-state index in [1.165, 1.54) is 25.7 Å². The van der Waals surface area contributed by atoms with E-state index in [9.17, 15) is 9.59 Å². The van der Waals surface area contributed by atoms with Crippen LogP contribution in [0.5, 0.6) is 0 Å². The summed E-state index contributed by atoms with van der Waals surface area (Å²) in [6, 6.07) is 1.14. The highest BCUT2D eigenvalue weighted by Crippen LogP contribution is 2.44. The van der Waals surface area contributed by atoms with Gasteiger partial charge in [0, 0.05) is 31.6 Å². The zero-order valence-corrected chi connectivity index (χ0v) is 14.9. The van der Waals surface area contributed by atoms with Crippen molar-refractivity contribution in [3.63, 3.8) is 0 Å². The predicted molar refractivity (Wildman–Crippen MR) is 92.4 cm³/mol. The van der Waals surface area contributed by atoms with Crippen molar-refractivity contribution >= 4 is 11.8 Å². The molecule has 0 unspecified atom stereocenters. The second-order valence-electron chi connectivity index (χ2n) is 8.37. The predicted octanol–water partition coefficient (Wildman–Crippen LogP) is 1.77. The average molecular weight is 333 g/mol. The van der Waals surface area contributed by atoms with E-state index < -0.39 is 0 Å². The molecule has 2 saturated carbocycles.